The summed E-state index contributed by atoms with van der Waals surface area (Å²) in [6.07, 6.45) is 1.85. The van der Waals surface area contributed by atoms with Crippen molar-refractivity contribution in [3.8, 4) is 11.5 Å². The number of carboxylic acid groups (broad SMARTS) is 1. The summed E-state index contributed by atoms with van der Waals surface area (Å²) in [6, 6.07) is 10.9. The summed E-state index contributed by atoms with van der Waals surface area (Å²) in [7, 11) is 1.54. The van der Waals surface area contributed by atoms with Crippen LogP contribution in [0.25, 0.3) is 0 Å². The van der Waals surface area contributed by atoms with E-state index in [9.17, 15) is 9.59 Å². The topological polar surface area (TPSA) is 72.8 Å². The second-order valence-electron chi connectivity index (χ2n) is 5.28. The van der Waals surface area contributed by atoms with Gasteiger partial charge in [0.1, 0.15) is 11.5 Å². The van der Waals surface area contributed by atoms with Crippen LogP contribution in [0, 0.1) is 0 Å². The number of rotatable bonds is 8. The minimum Gasteiger partial charge on any atom is -0.497 e. The second-order valence-corrected chi connectivity index (χ2v) is 5.28. The lowest BCUT2D eigenvalue weighted by molar-refractivity contribution is 0.0697. The van der Waals surface area contributed by atoms with E-state index in [4.69, 9.17) is 14.6 Å². The molecule has 1 N–H and O–H groups in total. The summed E-state index contributed by atoms with van der Waals surface area (Å²) in [5.74, 6) is -0.322. The molecule has 0 radical (unpaired) electrons. The number of unbranched alkanes of at least 4 members (excludes halogenated alkanes) is 1. The van der Waals surface area contributed by atoms with Gasteiger partial charge in [0.2, 0.25) is 0 Å². The molecule has 0 spiro atoms. The van der Waals surface area contributed by atoms with E-state index in [1.165, 1.54) is 12.1 Å². The standard InChI is InChI=1S/C19H20O5/c1-3-4-10-24-17-12-15(23-2)8-9-16(17)18(20)13-6-5-7-14(11-13)19(21)22/h5-9,11-12H,3-4,10H2,1-2H3,(H,21,22). The van der Waals surface area contributed by atoms with Gasteiger partial charge in [0.15, 0.2) is 5.78 Å². The van der Waals surface area contributed by atoms with Crippen LogP contribution in [-0.2, 0) is 0 Å². The first-order valence-electron chi connectivity index (χ1n) is 7.75. The van der Waals surface area contributed by atoms with E-state index in [0.717, 1.165) is 12.8 Å². The summed E-state index contributed by atoms with van der Waals surface area (Å²) in [5, 5.41) is 9.08. The minimum atomic E-state index is -1.07. The van der Waals surface area contributed by atoms with Crippen LogP contribution >= 0.6 is 0 Å². The van der Waals surface area contributed by atoms with E-state index in [1.807, 2.05) is 0 Å². The number of ketones is 1. The van der Waals surface area contributed by atoms with Gasteiger partial charge >= 0.3 is 5.97 Å². The van der Waals surface area contributed by atoms with Gasteiger partial charge in [-0.25, -0.2) is 4.79 Å². The average Bonchev–Trinajstić information content (AvgIpc) is 2.61. The van der Waals surface area contributed by atoms with Crippen molar-refractivity contribution in [2.75, 3.05) is 13.7 Å². The van der Waals surface area contributed by atoms with E-state index in [1.54, 1.807) is 37.4 Å². The van der Waals surface area contributed by atoms with E-state index >= 15 is 0 Å². The third-order valence-corrected chi connectivity index (χ3v) is 3.56. The number of aromatic carboxylic acids is 1. The van der Waals surface area contributed by atoms with E-state index < -0.39 is 5.97 Å². The molecule has 5 heteroatoms. The molecule has 0 aliphatic carbocycles. The van der Waals surface area contributed by atoms with Crippen LogP contribution in [0.2, 0.25) is 0 Å². The molecule has 126 valence electrons. The van der Waals surface area contributed by atoms with Crippen molar-refractivity contribution in [3.05, 3.63) is 59.2 Å². The lowest BCUT2D eigenvalue weighted by Gasteiger charge is -2.12. The quantitative estimate of drug-likeness (QED) is 0.589. The zero-order valence-corrected chi connectivity index (χ0v) is 13.7. The van der Waals surface area contributed by atoms with E-state index in [-0.39, 0.29) is 11.3 Å². The van der Waals surface area contributed by atoms with E-state index in [2.05, 4.69) is 6.92 Å². The molecule has 2 rings (SSSR count). The van der Waals surface area contributed by atoms with Gasteiger partial charge in [0.25, 0.3) is 0 Å². The molecule has 0 bridgehead atoms. The number of hydrogen-bond acceptors (Lipinski definition) is 4. The Morgan fingerprint density at radius 3 is 2.50 bits per heavy atom. The van der Waals surface area contributed by atoms with Crippen molar-refractivity contribution in [3.63, 3.8) is 0 Å². The Balaban J connectivity index is 2.37. The van der Waals surface area contributed by atoms with Gasteiger partial charge in [0, 0.05) is 11.6 Å². The normalized spacial score (nSPS) is 10.2. The van der Waals surface area contributed by atoms with Gasteiger partial charge in [0.05, 0.1) is 24.8 Å². The van der Waals surface area contributed by atoms with Crippen LogP contribution < -0.4 is 9.47 Å². The molecular weight excluding hydrogens is 308 g/mol. The maximum Gasteiger partial charge on any atom is 0.335 e. The number of ether oxygens (including phenoxy) is 2. The van der Waals surface area contributed by atoms with Gasteiger partial charge in [-0.1, -0.05) is 25.5 Å². The number of carbonyl (C=O) groups is 2. The molecule has 24 heavy (non-hydrogen) atoms. The highest BCUT2D eigenvalue weighted by molar-refractivity contribution is 6.11. The molecule has 0 aromatic heterocycles. The summed E-state index contributed by atoms with van der Waals surface area (Å²) >= 11 is 0. The van der Waals surface area contributed by atoms with Gasteiger partial charge in [-0.05, 0) is 30.7 Å². The van der Waals surface area contributed by atoms with Crippen molar-refractivity contribution in [1.29, 1.82) is 0 Å². The highest BCUT2D eigenvalue weighted by Gasteiger charge is 2.17. The summed E-state index contributed by atoms with van der Waals surface area (Å²) < 4.78 is 10.9. The van der Waals surface area contributed by atoms with E-state index in [0.29, 0.717) is 29.2 Å². The fourth-order valence-electron chi connectivity index (χ4n) is 2.21. The maximum atomic E-state index is 12.8. The molecule has 2 aromatic rings. The number of carbonyl (C=O) groups excluding carboxylic acids is 1. The molecule has 0 saturated carbocycles. The molecule has 0 fully saturated rings. The smallest absolute Gasteiger partial charge is 0.335 e. The predicted octanol–water partition coefficient (Wildman–Crippen LogP) is 3.80. The van der Waals surface area contributed by atoms with Crippen molar-refractivity contribution in [1.82, 2.24) is 0 Å². The highest BCUT2D eigenvalue weighted by atomic mass is 16.5. The summed E-state index contributed by atoms with van der Waals surface area (Å²) in [4.78, 5) is 23.8. The fraction of sp³-hybridized carbons (Fsp3) is 0.263. The van der Waals surface area contributed by atoms with Crippen molar-refractivity contribution < 1.29 is 24.2 Å². The first-order valence-corrected chi connectivity index (χ1v) is 7.75. The molecule has 0 saturated heterocycles. The van der Waals surface area contributed by atoms with Crippen LogP contribution in [0.1, 0.15) is 46.0 Å². The monoisotopic (exact) mass is 328 g/mol. The van der Waals surface area contributed by atoms with Crippen LogP contribution in [0.4, 0.5) is 0 Å². The van der Waals surface area contributed by atoms with Crippen LogP contribution in [-0.4, -0.2) is 30.6 Å². The average molecular weight is 328 g/mol. The Hall–Kier alpha value is -2.82. The highest BCUT2D eigenvalue weighted by Crippen LogP contribution is 2.27. The van der Waals surface area contributed by atoms with Gasteiger partial charge in [-0.3, -0.25) is 4.79 Å². The van der Waals surface area contributed by atoms with Gasteiger partial charge in [-0.15, -0.1) is 0 Å². The van der Waals surface area contributed by atoms with Crippen LogP contribution in [0.15, 0.2) is 42.5 Å². The Morgan fingerprint density at radius 1 is 1.08 bits per heavy atom. The number of hydrogen-bond donors (Lipinski definition) is 1. The Kier molecular flexibility index (Phi) is 5.95. The largest absolute Gasteiger partial charge is 0.497 e. The molecule has 0 amide bonds. The molecule has 5 nitrogen and oxygen atoms in total. The molecule has 0 aliphatic heterocycles. The van der Waals surface area contributed by atoms with Crippen LogP contribution in [0.5, 0.6) is 11.5 Å². The third-order valence-electron chi connectivity index (χ3n) is 3.56. The zero-order valence-electron chi connectivity index (χ0n) is 13.7. The SMILES string of the molecule is CCCCOc1cc(OC)ccc1C(=O)c1cccc(C(=O)O)c1. The van der Waals surface area contributed by atoms with Gasteiger partial charge in [-0.2, -0.15) is 0 Å². The van der Waals surface area contributed by atoms with Gasteiger partial charge < -0.3 is 14.6 Å². The molecule has 0 aliphatic rings. The molecular formula is C19H20O5. The minimum absolute atomic E-state index is 0.0720. The second kappa shape index (κ2) is 8.15. The first kappa shape index (κ1) is 17.5. The lowest BCUT2D eigenvalue weighted by atomic mass is 10.0. The molecule has 0 atom stereocenters. The van der Waals surface area contributed by atoms with Crippen LogP contribution in [0.3, 0.4) is 0 Å². The lowest BCUT2D eigenvalue weighted by Crippen LogP contribution is -2.08. The van der Waals surface area contributed by atoms with Crippen molar-refractivity contribution in [2.24, 2.45) is 0 Å². The Bertz CT molecular complexity index is 736. The maximum absolute atomic E-state index is 12.8. The number of methoxy groups -OCH3 is 1. The molecule has 0 unspecified atom stereocenters. The Morgan fingerprint density at radius 2 is 1.83 bits per heavy atom. The summed E-state index contributed by atoms with van der Waals surface area (Å²) in [6.45, 7) is 2.55. The first-order chi connectivity index (χ1) is 11.6. The molecule has 2 aromatic carbocycles. The molecule has 0 heterocycles. The number of benzene rings is 2. The van der Waals surface area contributed by atoms with Crippen molar-refractivity contribution >= 4 is 11.8 Å². The predicted molar refractivity (Wildman–Crippen MR) is 90.2 cm³/mol. The fourth-order valence-corrected chi connectivity index (χ4v) is 2.21. The summed E-state index contributed by atoms with van der Waals surface area (Å²) in [5.41, 5.74) is 0.762. The zero-order chi connectivity index (χ0) is 17.5. The Labute approximate surface area is 140 Å². The third kappa shape index (κ3) is 4.13. The number of carboxylic acids is 1. The van der Waals surface area contributed by atoms with Crippen molar-refractivity contribution in [2.45, 2.75) is 19.8 Å².